The summed E-state index contributed by atoms with van der Waals surface area (Å²) in [5.74, 6) is 0. The molecule has 0 aliphatic heterocycles. The topological polar surface area (TPSA) is 47.6 Å². The quantitative estimate of drug-likeness (QED) is 0.421. The zero-order chi connectivity index (χ0) is 12.0. The fourth-order valence-corrected chi connectivity index (χ4v) is 0.785. The summed E-state index contributed by atoms with van der Waals surface area (Å²) < 4.78 is 0. The second-order valence-electron chi connectivity index (χ2n) is 3.41. The van der Waals surface area contributed by atoms with Gasteiger partial charge in [-0.1, -0.05) is 24.8 Å². The highest BCUT2D eigenvalue weighted by molar-refractivity contribution is 5.97. The van der Waals surface area contributed by atoms with Crippen LogP contribution in [0.1, 0.15) is 20.8 Å². The molecule has 0 heterocycles. The third kappa shape index (κ3) is 4.24. The lowest BCUT2D eigenvalue weighted by Crippen LogP contribution is -1.90. The van der Waals surface area contributed by atoms with Gasteiger partial charge >= 0.3 is 0 Å². The van der Waals surface area contributed by atoms with Gasteiger partial charge in [0, 0.05) is 5.71 Å². The first-order chi connectivity index (χ1) is 6.90. The summed E-state index contributed by atoms with van der Waals surface area (Å²) in [6.07, 6.45) is 3.34. The summed E-state index contributed by atoms with van der Waals surface area (Å²) in [5.41, 5.74) is 3.30. The van der Waals surface area contributed by atoms with E-state index in [1.54, 1.807) is 19.1 Å². The summed E-state index contributed by atoms with van der Waals surface area (Å²) in [6, 6.07) is 2.10. The van der Waals surface area contributed by atoms with Gasteiger partial charge in [-0.05, 0) is 38.0 Å². The lowest BCUT2D eigenvalue weighted by molar-refractivity contribution is 1.32. The van der Waals surface area contributed by atoms with Crippen LogP contribution in [0.3, 0.4) is 0 Å². The van der Waals surface area contributed by atoms with E-state index in [2.05, 4.69) is 19.2 Å². The van der Waals surface area contributed by atoms with Gasteiger partial charge in [-0.25, -0.2) is 0 Å². The van der Waals surface area contributed by atoms with Gasteiger partial charge in [-0.2, -0.15) is 5.26 Å². The zero-order valence-electron chi connectivity index (χ0n) is 9.52. The Balaban J connectivity index is 5.01. The molecule has 0 radical (unpaired) electrons. The molecule has 0 atom stereocenters. The summed E-state index contributed by atoms with van der Waals surface area (Å²) in [6.45, 7) is 12.8. The molecule has 0 aliphatic rings. The van der Waals surface area contributed by atoms with Gasteiger partial charge in [-0.3, -0.25) is 0 Å². The molecule has 0 spiro atoms. The average molecular weight is 200 g/mol. The van der Waals surface area contributed by atoms with Gasteiger partial charge in [0.15, 0.2) is 0 Å². The highest BCUT2D eigenvalue weighted by Gasteiger charge is 1.99. The summed E-state index contributed by atoms with van der Waals surface area (Å²) in [4.78, 5) is 0. The van der Waals surface area contributed by atoms with Crippen LogP contribution in [-0.4, -0.2) is 5.71 Å². The molecule has 0 aromatic carbocycles. The molecule has 0 rings (SSSR count). The number of hydrogen-bond acceptors (Lipinski definition) is 2. The maximum Gasteiger partial charge on any atom is 0.0994 e. The number of hydrogen-bond donors (Lipinski definition) is 1. The Morgan fingerprint density at radius 2 is 1.73 bits per heavy atom. The van der Waals surface area contributed by atoms with Crippen molar-refractivity contribution < 1.29 is 0 Å². The van der Waals surface area contributed by atoms with Crippen LogP contribution in [0.4, 0.5) is 0 Å². The molecule has 0 bridgehead atoms. The first-order valence-electron chi connectivity index (χ1n) is 4.59. The molecule has 15 heavy (non-hydrogen) atoms. The van der Waals surface area contributed by atoms with E-state index >= 15 is 0 Å². The third-order valence-corrected chi connectivity index (χ3v) is 2.10. The number of rotatable bonds is 4. The van der Waals surface area contributed by atoms with E-state index in [0.29, 0.717) is 16.9 Å². The Kier molecular flexibility index (Phi) is 5.04. The molecule has 0 amide bonds. The van der Waals surface area contributed by atoms with Crippen molar-refractivity contribution in [2.75, 3.05) is 0 Å². The van der Waals surface area contributed by atoms with E-state index in [0.717, 1.165) is 11.1 Å². The van der Waals surface area contributed by atoms with Crippen LogP contribution in [0.5, 0.6) is 0 Å². The van der Waals surface area contributed by atoms with E-state index in [1.807, 2.05) is 13.8 Å². The van der Waals surface area contributed by atoms with Crippen LogP contribution in [0.15, 0.2) is 47.6 Å². The maximum atomic E-state index is 8.91. The van der Waals surface area contributed by atoms with Gasteiger partial charge in [0.25, 0.3) is 0 Å². The zero-order valence-corrected chi connectivity index (χ0v) is 9.52. The molecule has 0 aromatic rings. The smallest absolute Gasteiger partial charge is 0.0994 e. The Hall–Kier alpha value is -1.88. The highest BCUT2D eigenvalue weighted by atomic mass is 14.4. The Bertz CT molecular complexity index is 401. The monoisotopic (exact) mass is 200 g/mol. The lowest BCUT2D eigenvalue weighted by Gasteiger charge is -2.00. The van der Waals surface area contributed by atoms with Crippen LogP contribution >= 0.6 is 0 Å². The molecule has 0 fully saturated rings. The van der Waals surface area contributed by atoms with Crippen LogP contribution in [0, 0.1) is 16.7 Å². The second-order valence-corrected chi connectivity index (χ2v) is 3.41. The van der Waals surface area contributed by atoms with E-state index in [-0.39, 0.29) is 0 Å². The predicted molar refractivity (Wildman–Crippen MR) is 64.8 cm³/mol. The summed E-state index contributed by atoms with van der Waals surface area (Å²) >= 11 is 0. The van der Waals surface area contributed by atoms with Gasteiger partial charge in [0.1, 0.15) is 0 Å². The second kappa shape index (κ2) is 5.77. The fourth-order valence-electron chi connectivity index (χ4n) is 0.785. The molecule has 0 unspecified atom stereocenters. The number of nitriles is 1. The minimum Gasteiger partial charge on any atom is -0.305 e. The molecule has 0 aliphatic carbocycles. The molecule has 2 heteroatoms. The molecule has 0 saturated carbocycles. The van der Waals surface area contributed by atoms with E-state index < -0.39 is 0 Å². The Morgan fingerprint density at radius 1 is 1.20 bits per heavy atom. The molecule has 1 N–H and O–H groups in total. The van der Waals surface area contributed by atoms with Gasteiger partial charge in [-0.15, -0.1) is 0 Å². The molecule has 0 saturated heterocycles. The summed E-state index contributed by atoms with van der Waals surface area (Å²) in [7, 11) is 0. The van der Waals surface area contributed by atoms with Crippen molar-refractivity contribution in [2.45, 2.75) is 20.8 Å². The third-order valence-electron chi connectivity index (χ3n) is 2.10. The maximum absolute atomic E-state index is 8.91. The minimum atomic E-state index is 0.400. The minimum absolute atomic E-state index is 0.400. The van der Waals surface area contributed by atoms with Crippen molar-refractivity contribution in [2.24, 2.45) is 0 Å². The van der Waals surface area contributed by atoms with Crippen LogP contribution < -0.4 is 0 Å². The van der Waals surface area contributed by atoms with Crippen molar-refractivity contribution in [1.82, 2.24) is 0 Å². The van der Waals surface area contributed by atoms with E-state index in [1.165, 1.54) is 0 Å². The first-order valence-corrected chi connectivity index (χ1v) is 4.59. The number of nitrogens with zero attached hydrogens (tertiary/aromatic N) is 1. The van der Waals surface area contributed by atoms with Crippen molar-refractivity contribution in [3.05, 3.63) is 47.6 Å². The molecule has 2 nitrogen and oxygen atoms in total. The van der Waals surface area contributed by atoms with Gasteiger partial charge in [0.2, 0.25) is 0 Å². The summed E-state index contributed by atoms with van der Waals surface area (Å²) in [5, 5.41) is 16.2. The van der Waals surface area contributed by atoms with Gasteiger partial charge in [0.05, 0.1) is 11.6 Å². The lowest BCUT2D eigenvalue weighted by atomic mass is 10.0. The van der Waals surface area contributed by atoms with Crippen molar-refractivity contribution in [3.63, 3.8) is 0 Å². The van der Waals surface area contributed by atoms with Crippen molar-refractivity contribution >= 4 is 5.71 Å². The SMILES string of the molecule is C=C(/C=C/C(C#N)=C(\C)C(=C)C)C(C)=N. The molecular weight excluding hydrogens is 184 g/mol. The standard InChI is InChI=1S/C13H16N2/c1-9(2)11(4)13(8-14)7-6-10(3)12(5)15/h6-7,15H,1,3H2,2,4-5H3/b7-6+,13-11-,15-12?. The normalized spacial score (nSPS) is 11.9. The predicted octanol–water partition coefficient (Wildman–Crippen LogP) is 3.55. The first kappa shape index (κ1) is 13.1. The number of allylic oxidation sites excluding steroid dienone is 6. The van der Waals surface area contributed by atoms with E-state index in [4.69, 9.17) is 10.7 Å². The Labute approximate surface area is 91.4 Å². The van der Waals surface area contributed by atoms with Crippen LogP contribution in [0.25, 0.3) is 0 Å². The number of nitrogens with one attached hydrogen (secondary N) is 1. The van der Waals surface area contributed by atoms with Gasteiger partial charge < -0.3 is 5.41 Å². The van der Waals surface area contributed by atoms with Crippen LogP contribution in [-0.2, 0) is 0 Å². The largest absolute Gasteiger partial charge is 0.305 e. The highest BCUT2D eigenvalue weighted by Crippen LogP contribution is 2.13. The molecule has 0 aromatic heterocycles. The molecule has 78 valence electrons. The van der Waals surface area contributed by atoms with Crippen LogP contribution in [0.2, 0.25) is 0 Å². The van der Waals surface area contributed by atoms with E-state index in [9.17, 15) is 0 Å². The fraction of sp³-hybridized carbons (Fsp3) is 0.231. The molecular formula is C13H16N2. The Morgan fingerprint density at radius 3 is 2.07 bits per heavy atom. The van der Waals surface area contributed by atoms with Crippen molar-refractivity contribution in [1.29, 1.82) is 10.7 Å². The van der Waals surface area contributed by atoms with Crippen molar-refractivity contribution in [3.8, 4) is 6.07 Å². The average Bonchev–Trinajstić information content (AvgIpc) is 2.17.